The molecular weight excluding hydrogens is 506 g/mol. The molecule has 0 radical (unpaired) electrons. The minimum atomic E-state index is -1.36. The number of carbonyl (C=O) groups excluding carboxylic acids is 4. The number of nitrogens with two attached hydrogens (primary N) is 1. The zero-order valence-electron chi connectivity index (χ0n) is 18.5. The van der Waals surface area contributed by atoms with E-state index >= 15 is 0 Å². The summed E-state index contributed by atoms with van der Waals surface area (Å²) in [6, 6.07) is -1.07. The van der Waals surface area contributed by atoms with E-state index in [1.165, 1.54) is 24.1 Å². The molecule has 3 rings (SSSR count). The summed E-state index contributed by atoms with van der Waals surface area (Å²) >= 11 is 2.24. The van der Waals surface area contributed by atoms with Gasteiger partial charge in [0.1, 0.15) is 29.4 Å². The number of aliphatic carboxylic acids is 1. The second-order valence-electron chi connectivity index (χ2n) is 6.99. The second kappa shape index (κ2) is 11.2. The monoisotopic (exact) mass is 527 g/mol. The smallest absolute Gasteiger partial charge is 0.352 e. The van der Waals surface area contributed by atoms with Crippen LogP contribution < -0.4 is 11.1 Å². The number of fused-ring (bicyclic) bond motifs is 1. The third kappa shape index (κ3) is 5.89. The summed E-state index contributed by atoms with van der Waals surface area (Å²) in [6.07, 6.45) is 0. The van der Waals surface area contributed by atoms with Gasteiger partial charge in [-0.25, -0.2) is 14.6 Å². The van der Waals surface area contributed by atoms with E-state index in [1.807, 2.05) is 0 Å². The molecule has 1 saturated heterocycles. The van der Waals surface area contributed by atoms with Gasteiger partial charge in [-0.1, -0.05) is 5.16 Å². The van der Waals surface area contributed by atoms with Gasteiger partial charge in [0.05, 0.1) is 6.61 Å². The van der Waals surface area contributed by atoms with Crippen molar-refractivity contribution in [3.8, 4) is 0 Å². The predicted octanol–water partition coefficient (Wildman–Crippen LogP) is -0.689. The van der Waals surface area contributed by atoms with Crippen LogP contribution in [0.2, 0.25) is 0 Å². The van der Waals surface area contributed by atoms with Crippen LogP contribution in [0.1, 0.15) is 19.5 Å². The van der Waals surface area contributed by atoms with Gasteiger partial charge in [0.25, 0.3) is 11.8 Å². The molecule has 2 aliphatic rings. The van der Waals surface area contributed by atoms with Gasteiger partial charge in [0.2, 0.25) is 6.61 Å². The van der Waals surface area contributed by atoms with Gasteiger partial charge in [0, 0.05) is 23.6 Å². The van der Waals surface area contributed by atoms with Crippen molar-refractivity contribution >= 4 is 63.7 Å². The van der Waals surface area contributed by atoms with Crippen LogP contribution in [-0.4, -0.2) is 87.4 Å². The number of esters is 2. The van der Waals surface area contributed by atoms with Crippen molar-refractivity contribution in [2.75, 3.05) is 31.3 Å². The molecule has 35 heavy (non-hydrogen) atoms. The Kier molecular flexibility index (Phi) is 8.29. The number of hydrogen-bond acceptors (Lipinski definition) is 13. The third-order valence-electron chi connectivity index (χ3n) is 4.61. The van der Waals surface area contributed by atoms with Crippen LogP contribution in [0.15, 0.2) is 21.8 Å². The summed E-state index contributed by atoms with van der Waals surface area (Å²) < 4.78 is 9.61. The van der Waals surface area contributed by atoms with E-state index in [4.69, 9.17) is 20.0 Å². The van der Waals surface area contributed by atoms with Crippen molar-refractivity contribution in [2.24, 2.45) is 5.16 Å². The Morgan fingerprint density at radius 1 is 1.34 bits per heavy atom. The highest BCUT2D eigenvalue weighted by Gasteiger charge is 2.54. The van der Waals surface area contributed by atoms with Crippen LogP contribution in [0.4, 0.5) is 5.13 Å². The average molecular weight is 528 g/mol. The molecule has 0 unspecified atom stereocenters. The Labute approximate surface area is 206 Å². The minimum absolute atomic E-state index is 0.0589. The number of thiazole rings is 1. The standard InChI is InChI=1S/C19H21N5O9S2/c1-3-31-11(26)5-33-23-12(10-7-35-19(20)21-10)15(27)22-13-16(28)24-14(18(29)30)9(4-32-8(2)25)6-34-17(13)24/h7,13,17H,3-6H2,1-2H3,(H2,20,21)(H,22,27)(H,29,30)/t13-,17-/m1/s1. The summed E-state index contributed by atoms with van der Waals surface area (Å²) in [5, 5.41) is 16.7. The van der Waals surface area contributed by atoms with Gasteiger partial charge in [-0.2, -0.15) is 0 Å². The normalized spacial score (nSPS) is 19.4. The lowest BCUT2D eigenvalue weighted by Crippen LogP contribution is -2.71. The molecule has 2 aliphatic heterocycles. The molecule has 2 amide bonds. The highest BCUT2D eigenvalue weighted by Crippen LogP contribution is 2.40. The van der Waals surface area contributed by atoms with Gasteiger partial charge < -0.3 is 30.5 Å². The first-order valence-electron chi connectivity index (χ1n) is 10.0. The van der Waals surface area contributed by atoms with E-state index in [2.05, 4.69) is 15.5 Å². The van der Waals surface area contributed by atoms with Crippen LogP contribution >= 0.6 is 23.1 Å². The van der Waals surface area contributed by atoms with Crippen molar-refractivity contribution in [1.82, 2.24) is 15.2 Å². The third-order valence-corrected chi connectivity index (χ3v) is 6.62. The Morgan fingerprint density at radius 3 is 2.69 bits per heavy atom. The Hall–Kier alpha value is -3.66. The van der Waals surface area contributed by atoms with E-state index in [9.17, 15) is 29.1 Å². The number of thioether (sulfide) groups is 1. The number of nitrogens with zero attached hydrogens (tertiary/aromatic N) is 3. The quantitative estimate of drug-likeness (QED) is 0.150. The number of anilines is 1. The second-order valence-corrected chi connectivity index (χ2v) is 8.98. The number of oxime groups is 1. The van der Waals surface area contributed by atoms with Crippen molar-refractivity contribution in [3.63, 3.8) is 0 Å². The number of β-lactam (4-membered cyclic amide) rings is 1. The fraction of sp³-hybridized carbons (Fsp3) is 0.421. The van der Waals surface area contributed by atoms with Crippen molar-refractivity contribution in [3.05, 3.63) is 22.3 Å². The van der Waals surface area contributed by atoms with Crippen molar-refractivity contribution in [1.29, 1.82) is 0 Å². The molecular formula is C19H21N5O9S2. The van der Waals surface area contributed by atoms with E-state index in [1.54, 1.807) is 6.92 Å². The van der Waals surface area contributed by atoms with E-state index in [0.29, 0.717) is 0 Å². The molecule has 1 aromatic rings. The number of rotatable bonds is 10. The number of nitrogen functional groups attached to an aromatic ring is 1. The van der Waals surface area contributed by atoms with Crippen LogP contribution in [-0.2, 0) is 38.3 Å². The lowest BCUT2D eigenvalue weighted by molar-refractivity contribution is -0.150. The maximum atomic E-state index is 13.0. The molecule has 4 N–H and O–H groups in total. The summed E-state index contributed by atoms with van der Waals surface area (Å²) in [5.74, 6) is -3.99. The number of carbonyl (C=O) groups is 5. The minimum Gasteiger partial charge on any atom is -0.477 e. The highest BCUT2D eigenvalue weighted by molar-refractivity contribution is 8.00. The predicted molar refractivity (Wildman–Crippen MR) is 122 cm³/mol. The summed E-state index contributed by atoms with van der Waals surface area (Å²) in [6.45, 7) is 2.11. The van der Waals surface area contributed by atoms with Crippen molar-refractivity contribution in [2.45, 2.75) is 25.3 Å². The van der Waals surface area contributed by atoms with Crippen LogP contribution in [0.5, 0.6) is 0 Å². The Morgan fingerprint density at radius 2 is 2.09 bits per heavy atom. The molecule has 1 aromatic heterocycles. The molecule has 14 nitrogen and oxygen atoms in total. The summed E-state index contributed by atoms with van der Waals surface area (Å²) in [5.41, 5.74) is 5.33. The number of carboxylic acids is 1. The van der Waals surface area contributed by atoms with Gasteiger partial charge in [-0.05, 0) is 6.92 Å². The van der Waals surface area contributed by atoms with E-state index in [0.717, 1.165) is 16.2 Å². The van der Waals surface area contributed by atoms with Crippen molar-refractivity contribution < 1.29 is 43.4 Å². The SMILES string of the molecule is CCOC(=O)CON=C(C(=O)N[C@@H]1C(=O)N2C(C(=O)O)=C(COC(C)=O)CS[C@H]12)c1csc(N)n1. The Bertz CT molecular complexity index is 1120. The molecule has 2 atom stereocenters. The number of hydrogen-bond donors (Lipinski definition) is 3. The maximum absolute atomic E-state index is 13.0. The van der Waals surface area contributed by atoms with Crippen LogP contribution in [0.25, 0.3) is 0 Å². The molecule has 188 valence electrons. The average Bonchev–Trinajstić information content (AvgIpc) is 3.23. The molecule has 3 heterocycles. The number of carboxylic acid groups (broad SMARTS) is 1. The van der Waals surface area contributed by atoms with Gasteiger partial charge in [-0.3, -0.25) is 19.3 Å². The topological polar surface area (TPSA) is 200 Å². The molecule has 16 heteroatoms. The van der Waals surface area contributed by atoms with E-state index < -0.39 is 47.7 Å². The number of nitrogens with one attached hydrogen (secondary N) is 1. The zero-order chi connectivity index (χ0) is 25.7. The number of ether oxygens (including phenoxy) is 2. The summed E-state index contributed by atoms with van der Waals surface area (Å²) in [7, 11) is 0. The first-order valence-corrected chi connectivity index (χ1v) is 12.0. The molecule has 0 bridgehead atoms. The van der Waals surface area contributed by atoms with Gasteiger partial charge in [-0.15, -0.1) is 23.1 Å². The maximum Gasteiger partial charge on any atom is 0.352 e. The highest BCUT2D eigenvalue weighted by atomic mass is 32.2. The summed E-state index contributed by atoms with van der Waals surface area (Å²) in [4.78, 5) is 70.1. The lowest BCUT2D eigenvalue weighted by Gasteiger charge is -2.49. The molecule has 0 aliphatic carbocycles. The molecule has 0 spiro atoms. The van der Waals surface area contributed by atoms with Crippen LogP contribution in [0.3, 0.4) is 0 Å². The molecule has 0 saturated carbocycles. The number of amides is 2. The Balaban J connectivity index is 1.75. The molecule has 0 aromatic carbocycles. The molecule has 1 fully saturated rings. The lowest BCUT2D eigenvalue weighted by atomic mass is 10.0. The fourth-order valence-electron chi connectivity index (χ4n) is 3.15. The van der Waals surface area contributed by atoms with Gasteiger partial charge >= 0.3 is 17.9 Å². The first kappa shape index (κ1) is 26.0. The van der Waals surface area contributed by atoms with E-state index in [-0.39, 0.29) is 46.8 Å². The van der Waals surface area contributed by atoms with Crippen LogP contribution in [0, 0.1) is 0 Å². The fourth-order valence-corrected chi connectivity index (χ4v) is 5.02. The largest absolute Gasteiger partial charge is 0.477 e. The van der Waals surface area contributed by atoms with Gasteiger partial charge in [0.15, 0.2) is 10.8 Å². The zero-order valence-corrected chi connectivity index (χ0v) is 20.1. The first-order chi connectivity index (χ1) is 16.6. The number of aromatic nitrogens is 1.